The van der Waals surface area contributed by atoms with E-state index in [0.717, 1.165) is 0 Å². The topological polar surface area (TPSA) is 94.0 Å². The Morgan fingerprint density at radius 3 is 2.45 bits per heavy atom. The van der Waals surface area contributed by atoms with Crippen molar-refractivity contribution in [1.29, 1.82) is 0 Å². The molecule has 0 aliphatic heterocycles. The van der Waals surface area contributed by atoms with E-state index < -0.39 is 11.4 Å². The lowest BCUT2D eigenvalue weighted by Crippen LogP contribution is -2.40. The predicted molar refractivity (Wildman–Crippen MR) is 110 cm³/mol. The summed E-state index contributed by atoms with van der Waals surface area (Å²) in [5.74, 6) is 0.307. The van der Waals surface area contributed by atoms with Crippen LogP contribution in [0.5, 0.6) is 11.5 Å². The monoisotopic (exact) mass is 396 g/mol. The molecule has 2 N–H and O–H groups in total. The summed E-state index contributed by atoms with van der Waals surface area (Å²) in [7, 11) is 3.05. The molecule has 8 nitrogen and oxygen atoms in total. The molecule has 8 heteroatoms. The van der Waals surface area contributed by atoms with E-state index in [4.69, 9.17) is 9.47 Å². The lowest BCUT2D eigenvalue weighted by Gasteiger charge is -2.19. The third-order valence-electron chi connectivity index (χ3n) is 4.11. The number of carbonyl (C=O) groups is 2. The van der Waals surface area contributed by atoms with Crippen LogP contribution in [0.25, 0.3) is 5.52 Å². The number of aromatic nitrogens is 2. The smallest absolute Gasteiger partial charge is 0.292 e. The van der Waals surface area contributed by atoms with Crippen molar-refractivity contribution in [3.8, 4) is 11.5 Å². The molecule has 0 unspecified atom stereocenters. The van der Waals surface area contributed by atoms with E-state index in [-0.39, 0.29) is 17.4 Å². The highest BCUT2D eigenvalue weighted by Gasteiger charge is 2.24. The summed E-state index contributed by atoms with van der Waals surface area (Å²) in [6.45, 7) is 5.64. The molecule has 2 amide bonds. The SMILES string of the molecule is COc1ccc(OC)c(NC(=O)c2nc(C(=O)NC(C)(C)C)c3ccccn23)c1. The molecule has 0 saturated heterocycles. The number of anilines is 1. The summed E-state index contributed by atoms with van der Waals surface area (Å²) in [4.78, 5) is 30.0. The van der Waals surface area contributed by atoms with Gasteiger partial charge in [0.25, 0.3) is 11.8 Å². The second kappa shape index (κ2) is 7.83. The van der Waals surface area contributed by atoms with Crippen LogP contribution in [0.1, 0.15) is 41.9 Å². The lowest BCUT2D eigenvalue weighted by molar-refractivity contribution is 0.0916. The minimum absolute atomic E-state index is 0.0875. The van der Waals surface area contributed by atoms with Crippen molar-refractivity contribution < 1.29 is 19.1 Å². The molecule has 0 aliphatic carbocycles. The van der Waals surface area contributed by atoms with Crippen molar-refractivity contribution in [2.75, 3.05) is 19.5 Å². The van der Waals surface area contributed by atoms with Crippen LogP contribution in [0.3, 0.4) is 0 Å². The Bertz CT molecular complexity index is 1070. The Hall–Kier alpha value is -3.55. The van der Waals surface area contributed by atoms with Crippen LogP contribution >= 0.6 is 0 Å². The molecule has 0 fully saturated rings. The largest absolute Gasteiger partial charge is 0.497 e. The summed E-state index contributed by atoms with van der Waals surface area (Å²) < 4.78 is 12.1. The van der Waals surface area contributed by atoms with E-state index in [1.165, 1.54) is 14.2 Å². The molecule has 0 atom stereocenters. The molecule has 2 aromatic heterocycles. The normalized spacial score (nSPS) is 11.2. The van der Waals surface area contributed by atoms with E-state index in [1.54, 1.807) is 47.0 Å². The number of imidazole rings is 1. The van der Waals surface area contributed by atoms with Gasteiger partial charge in [-0.1, -0.05) is 6.07 Å². The number of nitrogens with one attached hydrogen (secondary N) is 2. The molecule has 3 rings (SSSR count). The zero-order chi connectivity index (χ0) is 21.2. The molecular formula is C21H24N4O4. The average molecular weight is 396 g/mol. The fourth-order valence-corrected chi connectivity index (χ4v) is 2.85. The maximum Gasteiger partial charge on any atom is 0.292 e. The Labute approximate surface area is 168 Å². The Kier molecular flexibility index (Phi) is 5.45. The van der Waals surface area contributed by atoms with Crippen LogP contribution in [-0.2, 0) is 0 Å². The number of hydrogen-bond donors (Lipinski definition) is 2. The molecule has 3 aromatic rings. The van der Waals surface area contributed by atoms with E-state index in [2.05, 4.69) is 15.6 Å². The first-order valence-corrected chi connectivity index (χ1v) is 9.06. The van der Waals surface area contributed by atoms with Gasteiger partial charge in [0.1, 0.15) is 11.5 Å². The van der Waals surface area contributed by atoms with Crippen LogP contribution in [0.15, 0.2) is 42.6 Å². The number of hydrogen-bond acceptors (Lipinski definition) is 5. The van der Waals surface area contributed by atoms with E-state index in [0.29, 0.717) is 22.7 Å². The third kappa shape index (κ3) is 4.31. The standard InChI is InChI=1S/C21H24N4O4/c1-21(2,3)24-19(26)17-15-8-6-7-11-25(15)18(23-17)20(27)22-14-12-13(28-4)9-10-16(14)29-5/h6-12H,1-5H3,(H,22,27)(H,24,26). The number of rotatable bonds is 5. The molecule has 29 heavy (non-hydrogen) atoms. The summed E-state index contributed by atoms with van der Waals surface area (Å²) in [6.07, 6.45) is 1.69. The zero-order valence-corrected chi connectivity index (χ0v) is 17.1. The third-order valence-corrected chi connectivity index (χ3v) is 4.11. The molecule has 0 bridgehead atoms. The number of fused-ring (bicyclic) bond motifs is 1. The van der Waals surface area contributed by atoms with Crippen LogP contribution in [0.2, 0.25) is 0 Å². The second-order valence-electron chi connectivity index (χ2n) is 7.46. The molecule has 152 valence electrons. The highest BCUT2D eigenvalue weighted by molar-refractivity contribution is 6.06. The summed E-state index contributed by atoms with van der Waals surface area (Å²) >= 11 is 0. The van der Waals surface area contributed by atoms with E-state index >= 15 is 0 Å². The Balaban J connectivity index is 2.00. The zero-order valence-electron chi connectivity index (χ0n) is 17.1. The van der Waals surface area contributed by atoms with E-state index in [1.807, 2.05) is 20.8 Å². The van der Waals surface area contributed by atoms with Gasteiger partial charge in [-0.3, -0.25) is 14.0 Å². The minimum Gasteiger partial charge on any atom is -0.497 e. The average Bonchev–Trinajstić information content (AvgIpc) is 3.06. The summed E-state index contributed by atoms with van der Waals surface area (Å²) in [5, 5.41) is 5.67. The molecular weight excluding hydrogens is 372 g/mol. The fraction of sp³-hybridized carbons (Fsp3) is 0.286. The number of nitrogens with zero attached hydrogens (tertiary/aromatic N) is 2. The Morgan fingerprint density at radius 2 is 1.79 bits per heavy atom. The van der Waals surface area contributed by atoms with Crippen LogP contribution in [0.4, 0.5) is 5.69 Å². The maximum absolute atomic E-state index is 13.0. The fourth-order valence-electron chi connectivity index (χ4n) is 2.85. The highest BCUT2D eigenvalue weighted by atomic mass is 16.5. The van der Waals surface area contributed by atoms with Gasteiger partial charge in [-0.05, 0) is 45.0 Å². The number of benzene rings is 1. The molecule has 0 radical (unpaired) electrons. The van der Waals surface area contributed by atoms with Gasteiger partial charge in [0.05, 0.1) is 25.4 Å². The molecule has 0 saturated carbocycles. The van der Waals surface area contributed by atoms with Crippen molar-refractivity contribution >= 4 is 23.0 Å². The molecule has 1 aromatic carbocycles. The number of amides is 2. The minimum atomic E-state index is -0.479. The van der Waals surface area contributed by atoms with Crippen molar-refractivity contribution in [3.63, 3.8) is 0 Å². The first-order chi connectivity index (χ1) is 13.7. The van der Waals surface area contributed by atoms with Crippen LogP contribution < -0.4 is 20.1 Å². The van der Waals surface area contributed by atoms with Gasteiger partial charge >= 0.3 is 0 Å². The first kappa shape index (κ1) is 20.2. The number of carbonyl (C=O) groups excluding carboxylic acids is 2. The van der Waals surface area contributed by atoms with E-state index in [9.17, 15) is 9.59 Å². The van der Waals surface area contributed by atoms with Crippen LogP contribution in [0, 0.1) is 0 Å². The molecule has 0 spiro atoms. The predicted octanol–water partition coefficient (Wildman–Crippen LogP) is 3.13. The molecule has 0 aliphatic rings. The highest BCUT2D eigenvalue weighted by Crippen LogP contribution is 2.29. The second-order valence-corrected chi connectivity index (χ2v) is 7.46. The van der Waals surface area contributed by atoms with Crippen molar-refractivity contribution in [2.45, 2.75) is 26.3 Å². The van der Waals surface area contributed by atoms with Crippen molar-refractivity contribution in [3.05, 3.63) is 54.1 Å². The van der Waals surface area contributed by atoms with Crippen molar-refractivity contribution in [1.82, 2.24) is 14.7 Å². The number of ether oxygens (including phenoxy) is 2. The summed E-state index contributed by atoms with van der Waals surface area (Å²) in [6, 6.07) is 10.4. The van der Waals surface area contributed by atoms with Gasteiger partial charge in [-0.25, -0.2) is 4.98 Å². The maximum atomic E-state index is 13.0. The van der Waals surface area contributed by atoms with Crippen LogP contribution in [-0.4, -0.2) is 41.0 Å². The number of pyridine rings is 1. The quantitative estimate of drug-likeness (QED) is 0.691. The summed E-state index contributed by atoms with van der Waals surface area (Å²) in [5.41, 5.74) is 0.726. The van der Waals surface area contributed by atoms with Crippen molar-refractivity contribution in [2.24, 2.45) is 0 Å². The Morgan fingerprint density at radius 1 is 1.03 bits per heavy atom. The first-order valence-electron chi connectivity index (χ1n) is 9.06. The van der Waals surface area contributed by atoms with Gasteiger partial charge < -0.3 is 20.1 Å². The van der Waals surface area contributed by atoms with Gasteiger partial charge in [0.2, 0.25) is 5.82 Å². The molecule has 2 heterocycles. The lowest BCUT2D eigenvalue weighted by atomic mass is 10.1. The van der Waals surface area contributed by atoms with Gasteiger partial charge in [0.15, 0.2) is 5.69 Å². The van der Waals surface area contributed by atoms with Gasteiger partial charge in [-0.2, -0.15) is 0 Å². The van der Waals surface area contributed by atoms with Gasteiger partial charge in [-0.15, -0.1) is 0 Å². The number of methoxy groups -OCH3 is 2. The van der Waals surface area contributed by atoms with Gasteiger partial charge in [0, 0.05) is 17.8 Å².